The van der Waals surface area contributed by atoms with E-state index in [4.69, 9.17) is 0 Å². The van der Waals surface area contributed by atoms with Crippen LogP contribution in [-0.4, -0.2) is 12.3 Å². The SMILES string of the molecule is CNCc1cc(Br)ccc1SC1CCCC1. The second kappa shape index (κ2) is 6.08. The van der Waals surface area contributed by atoms with Gasteiger partial charge in [-0.15, -0.1) is 11.8 Å². The molecule has 1 fully saturated rings. The van der Waals surface area contributed by atoms with Gasteiger partial charge in [0, 0.05) is 21.2 Å². The van der Waals surface area contributed by atoms with E-state index < -0.39 is 0 Å². The fourth-order valence-electron chi connectivity index (χ4n) is 2.18. The van der Waals surface area contributed by atoms with Crippen LogP contribution >= 0.6 is 27.7 Å². The van der Waals surface area contributed by atoms with Gasteiger partial charge in [0.25, 0.3) is 0 Å². The zero-order valence-electron chi connectivity index (χ0n) is 9.63. The maximum atomic E-state index is 3.54. The van der Waals surface area contributed by atoms with Crippen molar-refractivity contribution >= 4 is 27.7 Å². The van der Waals surface area contributed by atoms with Gasteiger partial charge in [-0.3, -0.25) is 0 Å². The van der Waals surface area contributed by atoms with Crippen molar-refractivity contribution in [1.29, 1.82) is 0 Å². The van der Waals surface area contributed by atoms with Gasteiger partial charge < -0.3 is 5.32 Å². The molecular weight excluding hydrogens is 282 g/mol. The summed E-state index contributed by atoms with van der Waals surface area (Å²) in [6, 6.07) is 6.63. The maximum Gasteiger partial charge on any atom is 0.0214 e. The molecule has 1 aliphatic carbocycles. The van der Waals surface area contributed by atoms with Crippen LogP contribution in [0.1, 0.15) is 31.2 Å². The van der Waals surface area contributed by atoms with Gasteiger partial charge in [-0.2, -0.15) is 0 Å². The highest BCUT2D eigenvalue weighted by atomic mass is 79.9. The van der Waals surface area contributed by atoms with Crippen LogP contribution in [-0.2, 0) is 6.54 Å². The van der Waals surface area contributed by atoms with Crippen molar-refractivity contribution in [2.75, 3.05) is 7.05 Å². The normalized spacial score (nSPS) is 16.9. The van der Waals surface area contributed by atoms with E-state index >= 15 is 0 Å². The molecule has 0 aliphatic heterocycles. The average Bonchev–Trinajstić information content (AvgIpc) is 2.75. The minimum atomic E-state index is 0.844. The highest BCUT2D eigenvalue weighted by Crippen LogP contribution is 2.36. The predicted molar refractivity (Wildman–Crippen MR) is 75.0 cm³/mol. The van der Waals surface area contributed by atoms with E-state index in [-0.39, 0.29) is 0 Å². The molecule has 1 aromatic carbocycles. The summed E-state index contributed by atoms with van der Waals surface area (Å²) >= 11 is 5.61. The molecule has 1 nitrogen and oxygen atoms in total. The maximum absolute atomic E-state index is 3.54. The lowest BCUT2D eigenvalue weighted by molar-refractivity contribution is 0.801. The Balaban J connectivity index is 2.11. The van der Waals surface area contributed by atoms with Crippen LogP contribution in [0.4, 0.5) is 0 Å². The number of halogens is 1. The number of benzene rings is 1. The summed E-state index contributed by atoms with van der Waals surface area (Å²) in [4.78, 5) is 1.45. The molecule has 0 unspecified atom stereocenters. The number of hydrogen-bond donors (Lipinski definition) is 1. The topological polar surface area (TPSA) is 12.0 Å². The van der Waals surface area contributed by atoms with Crippen molar-refractivity contribution in [3.05, 3.63) is 28.2 Å². The average molecular weight is 300 g/mol. The van der Waals surface area contributed by atoms with Crippen molar-refractivity contribution in [3.8, 4) is 0 Å². The van der Waals surface area contributed by atoms with Gasteiger partial charge >= 0.3 is 0 Å². The van der Waals surface area contributed by atoms with Gasteiger partial charge in [0.05, 0.1) is 0 Å². The Morgan fingerprint density at radius 2 is 2.12 bits per heavy atom. The molecule has 0 amide bonds. The van der Waals surface area contributed by atoms with Crippen LogP contribution in [0.3, 0.4) is 0 Å². The third-order valence-corrected chi connectivity index (χ3v) is 4.94. The standard InChI is InChI=1S/C13H18BrNS/c1-15-9-10-8-11(14)6-7-13(10)16-12-4-2-3-5-12/h6-8,12,15H,2-5,9H2,1H3. The number of thioether (sulfide) groups is 1. The number of rotatable bonds is 4. The van der Waals surface area contributed by atoms with Crippen molar-refractivity contribution in [3.63, 3.8) is 0 Å². The Morgan fingerprint density at radius 3 is 2.81 bits per heavy atom. The van der Waals surface area contributed by atoms with Crippen LogP contribution in [0.15, 0.2) is 27.6 Å². The van der Waals surface area contributed by atoms with Crippen molar-refractivity contribution in [2.45, 2.75) is 42.4 Å². The highest BCUT2D eigenvalue weighted by Gasteiger charge is 2.17. The molecule has 1 aromatic rings. The molecular formula is C13H18BrNS. The molecule has 0 radical (unpaired) electrons. The quantitative estimate of drug-likeness (QED) is 0.894. The summed E-state index contributed by atoms with van der Waals surface area (Å²) in [7, 11) is 2.00. The summed E-state index contributed by atoms with van der Waals surface area (Å²) in [6.45, 7) is 0.953. The lowest BCUT2D eigenvalue weighted by Crippen LogP contribution is -2.07. The second-order valence-electron chi connectivity index (χ2n) is 4.31. The Bertz CT molecular complexity index is 348. The first-order valence-corrected chi connectivity index (χ1v) is 7.56. The molecule has 0 saturated heterocycles. The highest BCUT2D eigenvalue weighted by molar-refractivity contribution is 9.10. The van der Waals surface area contributed by atoms with Gasteiger partial charge in [0.15, 0.2) is 0 Å². The van der Waals surface area contributed by atoms with Crippen molar-refractivity contribution in [2.24, 2.45) is 0 Å². The van der Waals surface area contributed by atoms with Gasteiger partial charge in [-0.1, -0.05) is 28.8 Å². The molecule has 0 atom stereocenters. The van der Waals surface area contributed by atoms with Gasteiger partial charge in [-0.25, -0.2) is 0 Å². The third kappa shape index (κ3) is 3.25. The molecule has 0 aromatic heterocycles. The van der Waals surface area contributed by atoms with Crippen LogP contribution in [0.25, 0.3) is 0 Å². The molecule has 1 N–H and O–H groups in total. The zero-order valence-corrected chi connectivity index (χ0v) is 12.0. The molecule has 1 saturated carbocycles. The molecule has 1 aliphatic rings. The second-order valence-corrected chi connectivity index (χ2v) is 6.56. The zero-order chi connectivity index (χ0) is 11.4. The molecule has 88 valence electrons. The van der Waals surface area contributed by atoms with Gasteiger partial charge in [0.2, 0.25) is 0 Å². The van der Waals surface area contributed by atoms with E-state index in [9.17, 15) is 0 Å². The Labute approximate surface area is 111 Å². The van der Waals surface area contributed by atoms with Crippen molar-refractivity contribution in [1.82, 2.24) is 5.32 Å². The summed E-state index contributed by atoms with van der Waals surface area (Å²) < 4.78 is 1.17. The van der Waals surface area contributed by atoms with Crippen LogP contribution in [0.2, 0.25) is 0 Å². The minimum Gasteiger partial charge on any atom is -0.316 e. The van der Waals surface area contributed by atoms with E-state index in [0.29, 0.717) is 0 Å². The van der Waals surface area contributed by atoms with E-state index in [2.05, 4.69) is 51.2 Å². The fraction of sp³-hybridized carbons (Fsp3) is 0.538. The van der Waals surface area contributed by atoms with E-state index in [1.807, 2.05) is 7.05 Å². The Morgan fingerprint density at radius 1 is 1.38 bits per heavy atom. The van der Waals surface area contributed by atoms with E-state index in [1.165, 1.54) is 40.6 Å². The number of nitrogens with one attached hydrogen (secondary N) is 1. The van der Waals surface area contributed by atoms with Crippen LogP contribution in [0, 0.1) is 0 Å². The Hall–Kier alpha value is 0.01000. The smallest absolute Gasteiger partial charge is 0.0214 e. The largest absolute Gasteiger partial charge is 0.316 e. The summed E-state index contributed by atoms with van der Waals surface area (Å²) in [6.07, 6.45) is 5.60. The minimum absolute atomic E-state index is 0.844. The van der Waals surface area contributed by atoms with Gasteiger partial charge in [-0.05, 0) is 43.7 Å². The van der Waals surface area contributed by atoms with Crippen LogP contribution in [0.5, 0.6) is 0 Å². The summed E-state index contributed by atoms with van der Waals surface area (Å²) in [5, 5.41) is 4.09. The predicted octanol–water partition coefficient (Wildman–Crippen LogP) is 4.20. The number of hydrogen-bond acceptors (Lipinski definition) is 2. The molecule has 3 heteroatoms. The first-order chi connectivity index (χ1) is 7.79. The molecule has 0 spiro atoms. The molecule has 2 rings (SSSR count). The fourth-order valence-corrected chi connectivity index (χ4v) is 3.94. The summed E-state index contributed by atoms with van der Waals surface area (Å²) in [5.41, 5.74) is 1.41. The molecule has 0 bridgehead atoms. The van der Waals surface area contributed by atoms with E-state index in [1.54, 1.807) is 0 Å². The summed E-state index contributed by atoms with van der Waals surface area (Å²) in [5.74, 6) is 0. The Kier molecular flexibility index (Phi) is 4.74. The molecule has 16 heavy (non-hydrogen) atoms. The van der Waals surface area contributed by atoms with E-state index in [0.717, 1.165) is 11.8 Å². The first kappa shape index (κ1) is 12.5. The lowest BCUT2D eigenvalue weighted by Gasteiger charge is -2.13. The monoisotopic (exact) mass is 299 g/mol. The van der Waals surface area contributed by atoms with Crippen LogP contribution < -0.4 is 5.32 Å². The lowest BCUT2D eigenvalue weighted by atomic mass is 10.2. The van der Waals surface area contributed by atoms with Gasteiger partial charge in [0.1, 0.15) is 0 Å². The van der Waals surface area contributed by atoms with Crippen molar-refractivity contribution < 1.29 is 0 Å². The third-order valence-electron chi connectivity index (χ3n) is 2.99. The first-order valence-electron chi connectivity index (χ1n) is 5.89. The molecule has 0 heterocycles.